The van der Waals surface area contributed by atoms with E-state index in [1.54, 1.807) is 0 Å². The van der Waals surface area contributed by atoms with Gasteiger partial charge in [-0.15, -0.1) is 0 Å². The maximum Gasteiger partial charge on any atom is 0.386 e. The number of alkyl halides is 1. The molecule has 0 spiro atoms. The van der Waals surface area contributed by atoms with Gasteiger partial charge in [0.05, 0.1) is 25.9 Å². The van der Waals surface area contributed by atoms with Crippen LogP contribution in [0.15, 0.2) is 25.3 Å². The predicted octanol–water partition coefficient (Wildman–Crippen LogP) is 1.22. The second-order valence-corrected chi connectivity index (χ2v) is 15.7. The lowest BCUT2D eigenvalue weighted by atomic mass is 10.1. The number of hydrogen-bond donors (Lipinski definition) is 5. The number of aliphatic hydroxyl groups is 1. The van der Waals surface area contributed by atoms with Gasteiger partial charge < -0.3 is 26.0 Å². The van der Waals surface area contributed by atoms with Crippen molar-refractivity contribution in [3.8, 4) is 0 Å². The molecule has 24 heteroatoms. The van der Waals surface area contributed by atoms with Crippen LogP contribution in [0.3, 0.4) is 0 Å². The summed E-state index contributed by atoms with van der Waals surface area (Å²) in [5.74, 6) is 0.152. The molecule has 7 rings (SSSR count). The Balaban J connectivity index is 1.17. The fourth-order valence-corrected chi connectivity index (χ4v) is 8.18. The number of ether oxygens (including phenoxy) is 2. The van der Waals surface area contributed by atoms with Crippen LogP contribution < -0.4 is 11.5 Å². The number of nitrogens with zero attached hydrogens (tertiary/aromatic N) is 8. The van der Waals surface area contributed by atoms with E-state index in [0.29, 0.717) is 0 Å². The summed E-state index contributed by atoms with van der Waals surface area (Å²) < 4.78 is 79.2. The number of rotatable bonds is 2. The van der Waals surface area contributed by atoms with E-state index in [4.69, 9.17) is 39.0 Å². The summed E-state index contributed by atoms with van der Waals surface area (Å²) in [7, 11) is 0. The molecule has 44 heavy (non-hydrogen) atoms. The molecule has 5 N–H and O–H groups in total. The molecule has 0 bridgehead atoms. The molecule has 4 aromatic rings. The van der Waals surface area contributed by atoms with Crippen molar-refractivity contribution in [2.24, 2.45) is 0 Å². The second-order valence-electron chi connectivity index (χ2n) is 9.90. The van der Waals surface area contributed by atoms with Crippen LogP contribution in [0.5, 0.6) is 0 Å². The predicted molar refractivity (Wildman–Crippen MR) is 153 cm³/mol. The summed E-state index contributed by atoms with van der Waals surface area (Å²) in [6.07, 6.45) is -6.81. The molecular formula is C20H23FN10O9P2S2. The van der Waals surface area contributed by atoms with E-state index < -0.39 is 76.0 Å². The van der Waals surface area contributed by atoms with Crippen LogP contribution in [0.1, 0.15) is 12.5 Å². The Kier molecular flexibility index (Phi) is 7.61. The fraction of sp³-hybridized carbons (Fsp3) is 0.500. The topological polar surface area (TPSA) is 249 Å². The van der Waals surface area contributed by atoms with E-state index >= 15 is 4.39 Å². The molecule has 236 valence electrons. The number of fused-ring (bicyclic) bond motifs is 4. The van der Waals surface area contributed by atoms with Crippen LogP contribution in [0.25, 0.3) is 22.3 Å². The lowest BCUT2D eigenvalue weighted by Crippen LogP contribution is -2.37. The van der Waals surface area contributed by atoms with Crippen LogP contribution in [0.4, 0.5) is 16.0 Å². The van der Waals surface area contributed by atoms with Gasteiger partial charge in [-0.1, -0.05) is 24.5 Å². The zero-order chi connectivity index (χ0) is 31.0. The molecule has 10 atom stereocenters. The second kappa shape index (κ2) is 11.1. The summed E-state index contributed by atoms with van der Waals surface area (Å²) in [6, 6.07) is 0. The summed E-state index contributed by atoms with van der Waals surface area (Å²) in [5, 5.41) is 11.2. The standard InChI is InChI=1S/C20H23FN10O9P2S2/c21-9-13-7(37-19(9)30-5-28-10-15(22)24-3-26-17(10)30)1-35-42(34,44)40-14-8(2-36-41(33,43)39-13)38-20(12(14)32)31-6-29-11-16(23)25-4-27-18(11)31/h3-9,12-14,19-20,32H,1-2H2,(H,33,43)(H,34,44)(H2,22,24,26)(H2,23,25,27)/t7?,8-,9-,12-,13-,14-,19-,20-,41+,42-/m1/s1. The van der Waals surface area contributed by atoms with Gasteiger partial charge in [0.1, 0.15) is 54.2 Å². The van der Waals surface area contributed by atoms with Gasteiger partial charge in [-0.3, -0.25) is 27.2 Å². The van der Waals surface area contributed by atoms with Crippen molar-refractivity contribution < 1.29 is 46.2 Å². The minimum Gasteiger partial charge on any atom is -0.386 e. The Bertz CT molecular complexity index is 1710. The molecule has 0 saturated carbocycles. The van der Waals surface area contributed by atoms with Gasteiger partial charge in [-0.2, -0.15) is 0 Å². The van der Waals surface area contributed by atoms with Crippen molar-refractivity contribution in [3.63, 3.8) is 0 Å². The number of halogens is 1. The Hall–Kier alpha value is -2.49. The molecule has 4 aromatic heterocycles. The van der Waals surface area contributed by atoms with Gasteiger partial charge >= 0.3 is 13.6 Å². The van der Waals surface area contributed by atoms with Gasteiger partial charge in [-0.25, -0.2) is 43.4 Å². The van der Waals surface area contributed by atoms with E-state index in [1.165, 1.54) is 34.4 Å². The number of hydrogen-bond acceptors (Lipinski definition) is 17. The molecule has 3 aliphatic heterocycles. The molecule has 0 amide bonds. The highest BCUT2D eigenvalue weighted by atomic mass is 32.7. The monoisotopic (exact) mass is 692 g/mol. The van der Waals surface area contributed by atoms with Crippen LogP contribution >= 0.6 is 38.1 Å². The van der Waals surface area contributed by atoms with E-state index in [2.05, 4.69) is 54.4 Å². The van der Waals surface area contributed by atoms with Crippen molar-refractivity contribution in [1.82, 2.24) is 39.0 Å². The van der Waals surface area contributed by atoms with Gasteiger partial charge in [-0.05, 0) is 0 Å². The number of anilines is 2. The third kappa shape index (κ3) is 5.26. The summed E-state index contributed by atoms with van der Waals surface area (Å²) >= 11 is 8.07. The lowest BCUT2D eigenvalue weighted by Gasteiger charge is -2.28. The number of aliphatic hydroxyl groups excluding tert-OH is 1. The third-order valence-electron chi connectivity index (χ3n) is 7.21. The fourth-order valence-electron chi connectivity index (χ4n) is 5.21. The summed E-state index contributed by atoms with van der Waals surface area (Å²) in [5.41, 5.74) is 12.5. The molecule has 7 heterocycles. The van der Waals surface area contributed by atoms with Gasteiger partial charge in [0.25, 0.3) is 0 Å². The first-order chi connectivity index (χ1) is 20.9. The average molecular weight is 693 g/mol. The Morgan fingerprint density at radius 3 is 1.84 bits per heavy atom. The summed E-state index contributed by atoms with van der Waals surface area (Å²) in [6.45, 7) is -9.83. The lowest BCUT2D eigenvalue weighted by molar-refractivity contribution is -0.0555. The molecule has 1 unspecified atom stereocenters. The Labute approximate surface area is 256 Å². The number of aromatic nitrogens is 8. The van der Waals surface area contributed by atoms with E-state index in [0.717, 1.165) is 0 Å². The normalized spacial score (nSPS) is 38.3. The third-order valence-corrected chi connectivity index (χ3v) is 10.4. The van der Waals surface area contributed by atoms with E-state index in [-0.39, 0.29) is 34.0 Å². The highest BCUT2D eigenvalue weighted by molar-refractivity contribution is 8.44. The van der Waals surface area contributed by atoms with Gasteiger partial charge in [0.2, 0.25) is 0 Å². The van der Waals surface area contributed by atoms with Crippen LogP contribution in [0, 0.1) is 0 Å². The maximum absolute atomic E-state index is 16.0. The van der Waals surface area contributed by atoms with Crippen LogP contribution in [-0.2, 0) is 36.7 Å². The first-order valence-electron chi connectivity index (χ1n) is 12.7. The number of nitrogens with two attached hydrogens (primary N) is 2. The highest BCUT2D eigenvalue weighted by Gasteiger charge is 2.54. The molecule has 0 aromatic carbocycles. The SMILES string of the molecule is Nc1ncnc2c1ncn2[C@@H]1O[C@@H]2CO[P@](=O)(S)O[C@@H]3C(CO[P@@](=O)(S)O[C@H]2[C@H]1O)O[C@@H](n1cnc2c(N)ncnc21)[C@@H]3F. The van der Waals surface area contributed by atoms with Crippen molar-refractivity contribution >= 4 is 72.1 Å². The largest absolute Gasteiger partial charge is 0.386 e. The molecule has 3 saturated heterocycles. The van der Waals surface area contributed by atoms with Crippen molar-refractivity contribution in [1.29, 1.82) is 0 Å². The van der Waals surface area contributed by atoms with Crippen LogP contribution in [0.2, 0.25) is 0 Å². The number of imidazole rings is 2. The average Bonchev–Trinajstić information content (AvgIpc) is 3.73. The minimum atomic E-state index is -4.34. The van der Waals surface area contributed by atoms with Gasteiger partial charge in [0, 0.05) is 0 Å². The van der Waals surface area contributed by atoms with Crippen molar-refractivity contribution in [2.75, 3.05) is 24.7 Å². The quantitative estimate of drug-likeness (QED) is 0.146. The molecule has 0 aliphatic carbocycles. The minimum absolute atomic E-state index is 0.0606. The van der Waals surface area contributed by atoms with Crippen molar-refractivity contribution in [3.05, 3.63) is 25.3 Å². The Morgan fingerprint density at radius 2 is 1.27 bits per heavy atom. The molecule has 3 aliphatic rings. The Morgan fingerprint density at radius 1 is 0.795 bits per heavy atom. The number of thiol groups is 2. The van der Waals surface area contributed by atoms with Crippen molar-refractivity contribution in [2.45, 2.75) is 49.1 Å². The molecule has 0 radical (unpaired) electrons. The van der Waals surface area contributed by atoms with E-state index in [1.807, 2.05) is 0 Å². The molecule has 3 fully saturated rings. The number of nitrogen functional groups attached to an aromatic ring is 2. The van der Waals surface area contributed by atoms with Crippen LogP contribution in [-0.4, -0.2) is 94.0 Å². The molecule has 19 nitrogen and oxygen atoms in total. The smallest absolute Gasteiger partial charge is 0.386 e. The first kappa shape index (κ1) is 30.2. The maximum atomic E-state index is 16.0. The summed E-state index contributed by atoms with van der Waals surface area (Å²) in [4.78, 5) is 24.2. The van der Waals surface area contributed by atoms with Gasteiger partial charge in [0.15, 0.2) is 41.6 Å². The zero-order valence-electron chi connectivity index (χ0n) is 22.0. The first-order valence-corrected chi connectivity index (χ1v) is 18.1. The zero-order valence-corrected chi connectivity index (χ0v) is 25.5. The highest BCUT2D eigenvalue weighted by Crippen LogP contribution is 2.60. The van der Waals surface area contributed by atoms with E-state index in [9.17, 15) is 14.2 Å². The molecular weight excluding hydrogens is 669 g/mol.